The summed E-state index contributed by atoms with van der Waals surface area (Å²) in [7, 11) is -1.56. The van der Waals surface area contributed by atoms with E-state index in [4.69, 9.17) is 0 Å². The first-order valence-electron chi connectivity index (χ1n) is 7.97. The SMILES string of the molecule is CC[C@H](C(=O)SC(C)(C)C)[C@@H](O)c1ccccc1[Si](C)(C)C. The number of hydrogen-bond acceptors (Lipinski definition) is 3. The molecule has 0 heterocycles. The Kier molecular flexibility index (Phi) is 6.48. The third-order valence-electron chi connectivity index (χ3n) is 3.62. The Bertz CT molecular complexity index is 515. The summed E-state index contributed by atoms with van der Waals surface area (Å²) in [5.74, 6) is -0.346. The lowest BCUT2D eigenvalue weighted by molar-refractivity contribution is -0.117. The van der Waals surface area contributed by atoms with Gasteiger partial charge in [0.25, 0.3) is 0 Å². The van der Waals surface area contributed by atoms with Gasteiger partial charge < -0.3 is 5.11 Å². The summed E-state index contributed by atoms with van der Waals surface area (Å²) >= 11 is 1.34. The van der Waals surface area contributed by atoms with Gasteiger partial charge in [-0.15, -0.1) is 0 Å². The second kappa shape index (κ2) is 7.32. The van der Waals surface area contributed by atoms with Crippen LogP contribution in [0, 0.1) is 5.92 Å². The molecule has 0 spiro atoms. The van der Waals surface area contributed by atoms with E-state index in [0.717, 1.165) is 5.56 Å². The van der Waals surface area contributed by atoms with Gasteiger partial charge in [0.2, 0.25) is 0 Å². The molecule has 0 aliphatic carbocycles. The molecule has 0 saturated carbocycles. The normalized spacial score (nSPS) is 15.5. The second-order valence-corrected chi connectivity index (χ2v) is 14.7. The molecular weight excluding hydrogens is 308 g/mol. The maximum Gasteiger partial charge on any atom is 0.195 e. The minimum Gasteiger partial charge on any atom is -0.388 e. The minimum atomic E-state index is -1.56. The standard InChI is InChI=1S/C18H30O2SSi/c1-8-13(17(20)21-18(2,3)4)16(19)14-11-9-10-12-15(14)22(5,6)7/h9-13,16,19H,8H2,1-7H3/t13-,16+/m0/s1. The van der Waals surface area contributed by atoms with Crippen LogP contribution in [0.5, 0.6) is 0 Å². The van der Waals surface area contributed by atoms with Crippen molar-refractivity contribution in [1.82, 2.24) is 0 Å². The highest BCUT2D eigenvalue weighted by Crippen LogP contribution is 2.34. The van der Waals surface area contributed by atoms with Crippen LogP contribution in [-0.4, -0.2) is 23.0 Å². The van der Waals surface area contributed by atoms with Gasteiger partial charge in [-0.25, -0.2) is 0 Å². The van der Waals surface area contributed by atoms with Crippen LogP contribution in [0.25, 0.3) is 0 Å². The molecule has 0 aromatic heterocycles. The van der Waals surface area contributed by atoms with E-state index in [1.807, 2.05) is 45.9 Å². The monoisotopic (exact) mass is 338 g/mol. The Morgan fingerprint density at radius 3 is 2.23 bits per heavy atom. The smallest absolute Gasteiger partial charge is 0.195 e. The molecule has 4 heteroatoms. The van der Waals surface area contributed by atoms with E-state index in [1.54, 1.807) is 0 Å². The van der Waals surface area contributed by atoms with Crippen LogP contribution >= 0.6 is 11.8 Å². The predicted octanol–water partition coefficient (Wildman–Crippen LogP) is 4.35. The van der Waals surface area contributed by atoms with Crippen LogP contribution in [0.4, 0.5) is 0 Å². The van der Waals surface area contributed by atoms with Crippen molar-refractivity contribution in [1.29, 1.82) is 0 Å². The zero-order chi connectivity index (χ0) is 17.1. The molecule has 1 N–H and O–H groups in total. The third kappa shape index (κ3) is 5.25. The van der Waals surface area contributed by atoms with Crippen LogP contribution in [0.2, 0.25) is 19.6 Å². The summed E-state index contributed by atoms with van der Waals surface area (Å²) < 4.78 is -0.123. The van der Waals surface area contributed by atoms with Crippen LogP contribution in [0.3, 0.4) is 0 Å². The zero-order valence-electron chi connectivity index (χ0n) is 14.9. The Labute approximate surface area is 140 Å². The Morgan fingerprint density at radius 1 is 1.23 bits per heavy atom. The molecule has 0 bridgehead atoms. The summed E-state index contributed by atoms with van der Waals surface area (Å²) in [6.07, 6.45) is -0.0568. The van der Waals surface area contributed by atoms with Crippen molar-refractivity contribution in [2.75, 3.05) is 0 Å². The van der Waals surface area contributed by atoms with Crippen molar-refractivity contribution in [2.45, 2.75) is 64.6 Å². The molecule has 0 saturated heterocycles. The average molecular weight is 339 g/mol. The molecule has 1 aromatic rings. The molecule has 0 fully saturated rings. The fourth-order valence-corrected chi connectivity index (χ4v) is 5.29. The topological polar surface area (TPSA) is 37.3 Å². The van der Waals surface area contributed by atoms with Gasteiger partial charge in [-0.1, -0.05) is 88.6 Å². The number of thioether (sulfide) groups is 1. The van der Waals surface area contributed by atoms with Crippen molar-refractivity contribution in [3.05, 3.63) is 29.8 Å². The maximum absolute atomic E-state index is 12.6. The molecule has 22 heavy (non-hydrogen) atoms. The van der Waals surface area contributed by atoms with E-state index in [1.165, 1.54) is 16.9 Å². The first-order chi connectivity index (χ1) is 9.97. The van der Waals surface area contributed by atoms with Gasteiger partial charge in [0.15, 0.2) is 5.12 Å². The van der Waals surface area contributed by atoms with E-state index in [0.29, 0.717) is 6.42 Å². The Balaban J connectivity index is 3.13. The summed E-state index contributed by atoms with van der Waals surface area (Å²) in [5, 5.41) is 12.2. The van der Waals surface area contributed by atoms with Crippen molar-refractivity contribution >= 4 is 30.1 Å². The molecule has 0 aliphatic heterocycles. The molecule has 0 radical (unpaired) electrons. The average Bonchev–Trinajstić information content (AvgIpc) is 2.36. The maximum atomic E-state index is 12.6. The van der Waals surface area contributed by atoms with E-state index >= 15 is 0 Å². The molecule has 124 valence electrons. The van der Waals surface area contributed by atoms with Crippen LogP contribution in [0.1, 0.15) is 45.8 Å². The predicted molar refractivity (Wildman–Crippen MR) is 101 cm³/mol. The van der Waals surface area contributed by atoms with E-state index in [9.17, 15) is 9.90 Å². The summed E-state index contributed by atoms with van der Waals surface area (Å²) in [6, 6.07) is 8.07. The Morgan fingerprint density at radius 2 is 1.77 bits per heavy atom. The number of carbonyl (C=O) groups is 1. The fourth-order valence-electron chi connectivity index (χ4n) is 2.55. The highest BCUT2D eigenvalue weighted by atomic mass is 32.2. The van der Waals surface area contributed by atoms with Crippen molar-refractivity contribution in [3.63, 3.8) is 0 Å². The zero-order valence-corrected chi connectivity index (χ0v) is 16.8. The molecule has 0 unspecified atom stereocenters. The van der Waals surface area contributed by atoms with Crippen LogP contribution in [0.15, 0.2) is 24.3 Å². The summed E-state index contributed by atoms with van der Waals surface area (Å²) in [5.41, 5.74) is 0.941. The van der Waals surface area contributed by atoms with E-state index in [2.05, 4.69) is 25.7 Å². The Hall–Kier alpha value is -0.583. The fraction of sp³-hybridized carbons (Fsp3) is 0.611. The first kappa shape index (κ1) is 19.5. The first-order valence-corrected chi connectivity index (χ1v) is 12.3. The van der Waals surface area contributed by atoms with Crippen molar-refractivity contribution in [2.24, 2.45) is 5.92 Å². The number of aliphatic hydroxyl groups excluding tert-OH is 1. The lowest BCUT2D eigenvalue weighted by Crippen LogP contribution is -2.42. The van der Waals surface area contributed by atoms with Gasteiger partial charge in [-0.2, -0.15) is 0 Å². The lowest BCUT2D eigenvalue weighted by atomic mass is 9.94. The highest BCUT2D eigenvalue weighted by Gasteiger charge is 2.32. The number of benzene rings is 1. The quantitative estimate of drug-likeness (QED) is 0.811. The van der Waals surface area contributed by atoms with Crippen LogP contribution < -0.4 is 5.19 Å². The third-order valence-corrected chi connectivity index (χ3v) is 6.81. The number of hydrogen-bond donors (Lipinski definition) is 1. The lowest BCUT2D eigenvalue weighted by Gasteiger charge is -2.28. The van der Waals surface area contributed by atoms with Gasteiger partial charge in [-0.05, 0) is 12.0 Å². The van der Waals surface area contributed by atoms with E-state index in [-0.39, 0.29) is 15.8 Å². The van der Waals surface area contributed by atoms with Gasteiger partial charge in [0.1, 0.15) is 0 Å². The number of carbonyl (C=O) groups excluding carboxylic acids is 1. The van der Waals surface area contributed by atoms with Crippen LogP contribution in [-0.2, 0) is 4.79 Å². The number of aliphatic hydroxyl groups is 1. The van der Waals surface area contributed by atoms with Crippen molar-refractivity contribution in [3.8, 4) is 0 Å². The van der Waals surface area contributed by atoms with Gasteiger partial charge in [0, 0.05) is 4.75 Å². The van der Waals surface area contributed by atoms with Crippen molar-refractivity contribution < 1.29 is 9.90 Å². The molecule has 2 nitrogen and oxygen atoms in total. The van der Waals surface area contributed by atoms with E-state index < -0.39 is 14.2 Å². The largest absolute Gasteiger partial charge is 0.388 e. The molecule has 1 rings (SSSR count). The molecule has 0 amide bonds. The molecule has 1 aromatic carbocycles. The second-order valence-electron chi connectivity index (χ2n) is 7.83. The minimum absolute atomic E-state index is 0.0906. The highest BCUT2D eigenvalue weighted by molar-refractivity contribution is 8.14. The molecular formula is C18H30O2SSi. The van der Waals surface area contributed by atoms with Gasteiger partial charge in [0.05, 0.1) is 20.1 Å². The summed E-state index contributed by atoms with van der Waals surface area (Å²) in [4.78, 5) is 12.6. The molecule has 0 aliphatic rings. The van der Waals surface area contributed by atoms with Gasteiger partial charge >= 0.3 is 0 Å². The van der Waals surface area contributed by atoms with Gasteiger partial charge in [-0.3, -0.25) is 4.79 Å². The summed E-state index contributed by atoms with van der Waals surface area (Å²) in [6.45, 7) is 14.9. The molecule has 2 atom stereocenters. The number of rotatable bonds is 5.